The van der Waals surface area contributed by atoms with Gasteiger partial charge in [-0.15, -0.1) is 0 Å². The van der Waals surface area contributed by atoms with Gasteiger partial charge in [-0.2, -0.15) is 10.2 Å². The largest absolute Gasteiger partial charge is 0.303 e. The van der Waals surface area contributed by atoms with E-state index in [2.05, 4.69) is 24.1 Å². The zero-order valence-corrected chi connectivity index (χ0v) is 10.9. The monoisotopic (exact) mass is 212 g/mol. The SMILES string of the molecule is CC(C)C/C(C/C=N/N(C)C)=N/N(C)C. The second-order valence-electron chi connectivity index (χ2n) is 4.46. The summed E-state index contributed by atoms with van der Waals surface area (Å²) in [6, 6.07) is 0. The van der Waals surface area contributed by atoms with E-state index < -0.39 is 0 Å². The minimum absolute atomic E-state index is 0.636. The zero-order chi connectivity index (χ0) is 11.8. The molecule has 0 aliphatic rings. The van der Waals surface area contributed by atoms with Crippen molar-refractivity contribution in [2.45, 2.75) is 26.7 Å². The Balaban J connectivity index is 4.26. The molecule has 0 atom stereocenters. The van der Waals surface area contributed by atoms with E-state index in [0.29, 0.717) is 5.92 Å². The van der Waals surface area contributed by atoms with Crippen LogP contribution in [0.15, 0.2) is 10.2 Å². The predicted octanol–water partition coefficient (Wildman–Crippen LogP) is 1.89. The van der Waals surface area contributed by atoms with Crippen molar-refractivity contribution >= 4 is 11.9 Å². The van der Waals surface area contributed by atoms with Crippen molar-refractivity contribution in [3.8, 4) is 0 Å². The maximum Gasteiger partial charge on any atom is 0.0437 e. The van der Waals surface area contributed by atoms with E-state index in [-0.39, 0.29) is 0 Å². The average molecular weight is 212 g/mol. The summed E-state index contributed by atoms with van der Waals surface area (Å²) in [5, 5.41) is 12.3. The molecule has 0 amide bonds. The Morgan fingerprint density at radius 2 is 1.73 bits per heavy atom. The van der Waals surface area contributed by atoms with E-state index in [0.717, 1.165) is 12.8 Å². The van der Waals surface area contributed by atoms with Gasteiger partial charge in [0, 0.05) is 46.5 Å². The first-order chi connectivity index (χ1) is 6.91. The third-order valence-corrected chi connectivity index (χ3v) is 1.62. The van der Waals surface area contributed by atoms with Crippen LogP contribution < -0.4 is 0 Å². The Hall–Kier alpha value is -1.06. The molecule has 0 heterocycles. The van der Waals surface area contributed by atoms with Gasteiger partial charge in [0.2, 0.25) is 0 Å². The van der Waals surface area contributed by atoms with Crippen LogP contribution in [0.25, 0.3) is 0 Å². The average Bonchev–Trinajstić information content (AvgIpc) is 2.00. The lowest BCUT2D eigenvalue weighted by Gasteiger charge is -2.11. The van der Waals surface area contributed by atoms with E-state index in [4.69, 9.17) is 0 Å². The molecule has 4 heteroatoms. The Morgan fingerprint density at radius 1 is 1.13 bits per heavy atom. The molecule has 0 N–H and O–H groups in total. The molecule has 15 heavy (non-hydrogen) atoms. The summed E-state index contributed by atoms with van der Waals surface area (Å²) < 4.78 is 0. The van der Waals surface area contributed by atoms with Gasteiger partial charge in [-0.25, -0.2) is 0 Å². The van der Waals surface area contributed by atoms with Crippen molar-refractivity contribution in [3.63, 3.8) is 0 Å². The molecule has 0 aromatic carbocycles. The van der Waals surface area contributed by atoms with Gasteiger partial charge < -0.3 is 10.0 Å². The number of rotatable bonds is 6. The topological polar surface area (TPSA) is 31.2 Å². The molecule has 0 radical (unpaired) electrons. The first-order valence-corrected chi connectivity index (χ1v) is 5.35. The van der Waals surface area contributed by atoms with Crippen LogP contribution in [0, 0.1) is 5.92 Å². The van der Waals surface area contributed by atoms with E-state index in [1.54, 1.807) is 5.01 Å². The third-order valence-electron chi connectivity index (χ3n) is 1.62. The Labute approximate surface area is 93.6 Å². The van der Waals surface area contributed by atoms with Gasteiger partial charge >= 0.3 is 0 Å². The van der Waals surface area contributed by atoms with Gasteiger partial charge in [0.15, 0.2) is 0 Å². The highest BCUT2D eigenvalue weighted by molar-refractivity contribution is 5.95. The van der Waals surface area contributed by atoms with E-state index in [1.165, 1.54) is 5.71 Å². The maximum atomic E-state index is 4.45. The van der Waals surface area contributed by atoms with Crippen LogP contribution >= 0.6 is 0 Å². The maximum absolute atomic E-state index is 4.45. The second-order valence-corrected chi connectivity index (χ2v) is 4.46. The fraction of sp³-hybridized carbons (Fsp3) is 0.818. The van der Waals surface area contributed by atoms with Crippen LogP contribution in [0.5, 0.6) is 0 Å². The molecule has 0 aliphatic heterocycles. The molecule has 0 saturated heterocycles. The molecule has 0 saturated carbocycles. The van der Waals surface area contributed by atoms with Crippen LogP contribution in [-0.4, -0.2) is 50.1 Å². The lowest BCUT2D eigenvalue weighted by molar-refractivity contribution is 0.432. The van der Waals surface area contributed by atoms with Crippen molar-refractivity contribution in [1.82, 2.24) is 10.0 Å². The standard InChI is InChI=1S/C11H24N4/c1-10(2)9-11(13-15(5)6)7-8-12-14(3)4/h8,10H,7,9H2,1-6H3/b12-8+,13-11+. The number of hydrazone groups is 2. The normalized spacial score (nSPS) is 12.6. The summed E-state index contributed by atoms with van der Waals surface area (Å²) in [4.78, 5) is 0. The lowest BCUT2D eigenvalue weighted by Crippen LogP contribution is -2.12. The highest BCUT2D eigenvalue weighted by Crippen LogP contribution is 2.04. The molecular weight excluding hydrogens is 188 g/mol. The van der Waals surface area contributed by atoms with Crippen LogP contribution in [0.3, 0.4) is 0 Å². The molecule has 0 unspecified atom stereocenters. The molecule has 4 nitrogen and oxygen atoms in total. The molecule has 0 aromatic heterocycles. The highest BCUT2D eigenvalue weighted by Gasteiger charge is 2.02. The van der Waals surface area contributed by atoms with E-state index in [9.17, 15) is 0 Å². The quantitative estimate of drug-likeness (QED) is 0.497. The predicted molar refractivity (Wildman–Crippen MR) is 67.4 cm³/mol. The third kappa shape index (κ3) is 9.25. The summed E-state index contributed by atoms with van der Waals surface area (Å²) >= 11 is 0. The van der Waals surface area contributed by atoms with Crippen molar-refractivity contribution in [2.24, 2.45) is 16.1 Å². The zero-order valence-electron chi connectivity index (χ0n) is 10.9. The van der Waals surface area contributed by atoms with Crippen LogP contribution in [0.2, 0.25) is 0 Å². The van der Waals surface area contributed by atoms with E-state index in [1.807, 2.05) is 39.4 Å². The second kappa shape index (κ2) is 7.26. The van der Waals surface area contributed by atoms with Crippen molar-refractivity contribution in [1.29, 1.82) is 0 Å². The molecule has 88 valence electrons. The van der Waals surface area contributed by atoms with Gasteiger partial charge in [0.05, 0.1) is 0 Å². The van der Waals surface area contributed by atoms with Gasteiger partial charge in [-0.1, -0.05) is 13.8 Å². The van der Waals surface area contributed by atoms with Crippen molar-refractivity contribution < 1.29 is 0 Å². The first-order valence-electron chi connectivity index (χ1n) is 5.35. The first kappa shape index (κ1) is 13.9. The number of hydrogen-bond acceptors (Lipinski definition) is 4. The Morgan fingerprint density at radius 3 is 2.13 bits per heavy atom. The minimum atomic E-state index is 0.636. The smallest absolute Gasteiger partial charge is 0.0437 e. The lowest BCUT2D eigenvalue weighted by atomic mass is 10.1. The van der Waals surface area contributed by atoms with E-state index >= 15 is 0 Å². The van der Waals surface area contributed by atoms with Gasteiger partial charge in [-0.05, 0) is 12.3 Å². The fourth-order valence-electron chi connectivity index (χ4n) is 1.23. The van der Waals surface area contributed by atoms with Crippen LogP contribution in [0.4, 0.5) is 0 Å². The highest BCUT2D eigenvalue weighted by atomic mass is 15.4. The van der Waals surface area contributed by atoms with Gasteiger partial charge in [-0.3, -0.25) is 0 Å². The number of hydrogen-bond donors (Lipinski definition) is 0. The molecule has 0 spiro atoms. The molecule has 0 aromatic rings. The minimum Gasteiger partial charge on any atom is -0.303 e. The Bertz CT molecular complexity index is 217. The summed E-state index contributed by atoms with van der Waals surface area (Å²) in [5.41, 5.74) is 1.18. The van der Waals surface area contributed by atoms with Gasteiger partial charge in [0.1, 0.15) is 0 Å². The molecule has 0 rings (SSSR count). The Kier molecular flexibility index (Phi) is 6.75. The summed E-state index contributed by atoms with van der Waals surface area (Å²) in [6.45, 7) is 4.41. The molecular formula is C11H24N4. The summed E-state index contributed by atoms with van der Waals surface area (Å²) in [5.74, 6) is 0.636. The van der Waals surface area contributed by atoms with Crippen molar-refractivity contribution in [3.05, 3.63) is 0 Å². The molecule has 0 bridgehead atoms. The molecule has 0 aliphatic carbocycles. The number of nitrogens with zero attached hydrogens (tertiary/aromatic N) is 4. The van der Waals surface area contributed by atoms with Crippen LogP contribution in [-0.2, 0) is 0 Å². The fourth-order valence-corrected chi connectivity index (χ4v) is 1.23. The van der Waals surface area contributed by atoms with Crippen LogP contribution in [0.1, 0.15) is 26.7 Å². The summed E-state index contributed by atoms with van der Waals surface area (Å²) in [7, 11) is 7.73. The van der Waals surface area contributed by atoms with Gasteiger partial charge in [0.25, 0.3) is 0 Å². The van der Waals surface area contributed by atoms with Crippen molar-refractivity contribution in [2.75, 3.05) is 28.2 Å². The summed E-state index contributed by atoms with van der Waals surface area (Å²) in [6.07, 6.45) is 3.76. The molecule has 0 fully saturated rings.